The maximum absolute atomic E-state index is 10.0. The van der Waals surface area contributed by atoms with Crippen LogP contribution >= 0.6 is 0 Å². The maximum atomic E-state index is 10.0. The van der Waals surface area contributed by atoms with E-state index in [1.807, 2.05) is 0 Å². The van der Waals surface area contributed by atoms with Crippen molar-refractivity contribution in [3.05, 3.63) is 35.4 Å². The highest BCUT2D eigenvalue weighted by molar-refractivity contribution is 5.96. The van der Waals surface area contributed by atoms with Gasteiger partial charge < -0.3 is 19.7 Å². The fourth-order valence-electron chi connectivity index (χ4n) is 11.8. The van der Waals surface area contributed by atoms with Crippen molar-refractivity contribution in [1.29, 1.82) is 0 Å². The predicted molar refractivity (Wildman–Crippen MR) is 149 cm³/mol. The Balaban J connectivity index is 1.42. The first-order valence-corrected chi connectivity index (χ1v) is 15.7. The van der Waals surface area contributed by atoms with Crippen molar-refractivity contribution >= 4 is 10.8 Å². The van der Waals surface area contributed by atoms with Gasteiger partial charge in [-0.3, -0.25) is 0 Å². The molecule has 0 amide bonds. The fraction of sp³-hybridized carbons (Fsp3) is 0.706. The molecule has 8 fully saturated rings. The van der Waals surface area contributed by atoms with Crippen LogP contribution in [-0.4, -0.2) is 36.6 Å². The third-order valence-electron chi connectivity index (χ3n) is 11.9. The van der Waals surface area contributed by atoms with Gasteiger partial charge in [0.25, 0.3) is 0 Å². The summed E-state index contributed by atoms with van der Waals surface area (Å²) in [7, 11) is 0. The summed E-state index contributed by atoms with van der Waals surface area (Å²) in [6, 6.07) is 8.92. The Morgan fingerprint density at radius 2 is 0.947 bits per heavy atom. The van der Waals surface area contributed by atoms with Crippen molar-refractivity contribution in [3.63, 3.8) is 0 Å². The Kier molecular flexibility index (Phi) is 5.61. The van der Waals surface area contributed by atoms with Crippen LogP contribution in [0, 0.1) is 35.5 Å². The molecule has 2 aromatic rings. The monoisotopic (exact) mass is 516 g/mol. The number of benzene rings is 2. The van der Waals surface area contributed by atoms with Gasteiger partial charge in [-0.2, -0.15) is 0 Å². The highest BCUT2D eigenvalue weighted by atomic mass is 16.5. The minimum atomic E-state index is 0.0121. The standard InChI is InChI=1S/C34H44O4/c35-5-7-37-31-28-4-2-1-3-27(28)29(33-15-21-9-22(16-33)11-23(10-21)17-33)32(38-8-6-36)30(31)34-18-24-12-25(19-34)14-26(13-24)20-34/h1-4,21-26,35-36H,5-20H2. The Hall–Kier alpha value is -1.78. The first kappa shape index (κ1) is 24.1. The summed E-state index contributed by atoms with van der Waals surface area (Å²) in [6.45, 7) is 0.675. The molecule has 0 spiro atoms. The van der Waals surface area contributed by atoms with Gasteiger partial charge >= 0.3 is 0 Å². The third-order valence-corrected chi connectivity index (χ3v) is 11.9. The van der Waals surface area contributed by atoms with Crippen molar-refractivity contribution in [3.8, 4) is 11.5 Å². The Morgan fingerprint density at radius 3 is 1.39 bits per heavy atom. The minimum absolute atomic E-state index is 0.0121. The number of rotatable bonds is 8. The molecule has 2 N–H and O–H groups in total. The van der Waals surface area contributed by atoms with Gasteiger partial charge in [0.2, 0.25) is 0 Å². The van der Waals surface area contributed by atoms with Crippen molar-refractivity contribution in [2.75, 3.05) is 26.4 Å². The van der Waals surface area contributed by atoms with Crippen molar-refractivity contribution in [2.24, 2.45) is 35.5 Å². The third kappa shape index (κ3) is 3.54. The summed E-state index contributed by atoms with van der Waals surface area (Å²) in [5, 5.41) is 22.4. The first-order valence-electron chi connectivity index (χ1n) is 15.7. The maximum Gasteiger partial charge on any atom is 0.134 e. The molecule has 204 valence electrons. The van der Waals surface area contributed by atoms with Crippen LogP contribution in [-0.2, 0) is 10.8 Å². The van der Waals surface area contributed by atoms with Gasteiger partial charge in [0.1, 0.15) is 24.7 Å². The normalized spacial score (nSPS) is 40.3. The molecule has 0 heterocycles. The van der Waals surface area contributed by atoms with Crippen LogP contribution in [0.5, 0.6) is 11.5 Å². The van der Waals surface area contributed by atoms with Crippen molar-refractivity contribution in [1.82, 2.24) is 0 Å². The Bertz CT molecular complexity index is 1160. The van der Waals surface area contributed by atoms with Crippen molar-refractivity contribution in [2.45, 2.75) is 87.9 Å². The molecule has 8 aliphatic carbocycles. The van der Waals surface area contributed by atoms with Gasteiger partial charge in [-0.1, -0.05) is 24.3 Å². The molecule has 0 aromatic heterocycles. The zero-order valence-electron chi connectivity index (χ0n) is 22.8. The summed E-state index contributed by atoms with van der Waals surface area (Å²) in [4.78, 5) is 0. The largest absolute Gasteiger partial charge is 0.490 e. The van der Waals surface area contributed by atoms with Gasteiger partial charge in [-0.15, -0.1) is 0 Å². The Labute approximate surface area is 227 Å². The van der Waals surface area contributed by atoms with Crippen LogP contribution in [0.3, 0.4) is 0 Å². The van der Waals surface area contributed by atoms with Crippen LogP contribution in [0.4, 0.5) is 0 Å². The molecule has 4 nitrogen and oxygen atoms in total. The lowest BCUT2D eigenvalue weighted by atomic mass is 9.46. The summed E-state index contributed by atoms with van der Waals surface area (Å²) in [6.07, 6.45) is 16.0. The zero-order valence-corrected chi connectivity index (χ0v) is 22.8. The van der Waals surface area contributed by atoms with E-state index in [1.54, 1.807) is 0 Å². The number of aliphatic hydroxyl groups is 2. The molecule has 8 bridgehead atoms. The molecule has 0 saturated heterocycles. The molecule has 0 unspecified atom stereocenters. The van der Waals surface area contributed by atoms with E-state index in [0.29, 0.717) is 13.2 Å². The second kappa shape index (κ2) is 8.86. The molecule has 0 aliphatic heterocycles. The fourth-order valence-corrected chi connectivity index (χ4v) is 11.8. The summed E-state index contributed by atoms with van der Waals surface area (Å²) in [5.74, 6) is 7.02. The smallest absolute Gasteiger partial charge is 0.134 e. The van der Waals surface area contributed by atoms with Gasteiger partial charge in [0.05, 0.1) is 13.2 Å². The highest BCUT2D eigenvalue weighted by Gasteiger charge is 2.57. The molecule has 38 heavy (non-hydrogen) atoms. The minimum Gasteiger partial charge on any atom is -0.490 e. The molecule has 0 radical (unpaired) electrons. The molecule has 2 aromatic carbocycles. The van der Waals surface area contributed by atoms with E-state index in [1.165, 1.54) is 98.9 Å². The van der Waals surface area contributed by atoms with Gasteiger partial charge in [-0.25, -0.2) is 0 Å². The highest BCUT2D eigenvalue weighted by Crippen LogP contribution is 2.68. The summed E-state index contributed by atoms with van der Waals surface area (Å²) >= 11 is 0. The molecule has 4 heteroatoms. The number of fused-ring (bicyclic) bond motifs is 1. The number of ether oxygens (including phenoxy) is 2. The topological polar surface area (TPSA) is 58.9 Å². The lowest BCUT2D eigenvalue weighted by Crippen LogP contribution is -2.50. The molecule has 10 rings (SSSR count). The van der Waals surface area contributed by atoms with E-state index < -0.39 is 0 Å². The molecular formula is C34H44O4. The summed E-state index contributed by atoms with van der Waals surface area (Å²) in [5.41, 5.74) is 3.04. The second-order valence-corrected chi connectivity index (χ2v) is 14.5. The van der Waals surface area contributed by atoms with Crippen LogP contribution < -0.4 is 9.47 Å². The lowest BCUT2D eigenvalue weighted by Gasteiger charge is -2.59. The van der Waals surface area contributed by atoms with Gasteiger partial charge in [-0.05, 0) is 118 Å². The molecular weight excluding hydrogens is 472 g/mol. The van der Waals surface area contributed by atoms with Crippen LogP contribution in [0.25, 0.3) is 10.8 Å². The quantitative estimate of drug-likeness (QED) is 0.420. The SMILES string of the molecule is OCCOc1c(C23CC4CC(CC(C4)C2)C3)c(OCCO)c2ccccc2c1C12CC3CC(CC(C3)C1)C2. The first-order chi connectivity index (χ1) is 18.6. The van der Waals surface area contributed by atoms with E-state index in [0.717, 1.165) is 47.0 Å². The molecule has 8 saturated carbocycles. The van der Waals surface area contributed by atoms with Gasteiger partial charge in [0.15, 0.2) is 0 Å². The van der Waals surface area contributed by atoms with Crippen LogP contribution in [0.15, 0.2) is 24.3 Å². The zero-order chi connectivity index (χ0) is 25.5. The number of hydrogen-bond donors (Lipinski definition) is 2. The summed E-state index contributed by atoms with van der Waals surface area (Å²) < 4.78 is 13.4. The number of aliphatic hydroxyl groups excluding tert-OH is 2. The van der Waals surface area contributed by atoms with E-state index in [9.17, 15) is 10.2 Å². The van der Waals surface area contributed by atoms with E-state index in [2.05, 4.69) is 24.3 Å². The second-order valence-electron chi connectivity index (χ2n) is 14.5. The number of hydrogen-bond acceptors (Lipinski definition) is 4. The average molecular weight is 517 g/mol. The van der Waals surface area contributed by atoms with E-state index >= 15 is 0 Å². The molecule has 0 atom stereocenters. The molecule has 8 aliphatic rings. The lowest BCUT2D eigenvalue weighted by molar-refractivity contribution is -0.0114. The van der Waals surface area contributed by atoms with Gasteiger partial charge in [0, 0.05) is 27.3 Å². The van der Waals surface area contributed by atoms with Crippen LogP contribution in [0.1, 0.15) is 88.2 Å². The van der Waals surface area contributed by atoms with Crippen molar-refractivity contribution < 1.29 is 19.7 Å². The predicted octanol–water partition coefficient (Wildman–Crippen LogP) is 6.52. The van der Waals surface area contributed by atoms with E-state index in [-0.39, 0.29) is 24.0 Å². The Morgan fingerprint density at radius 1 is 0.553 bits per heavy atom. The average Bonchev–Trinajstić information content (AvgIpc) is 2.88. The van der Waals surface area contributed by atoms with E-state index in [4.69, 9.17) is 9.47 Å². The van der Waals surface area contributed by atoms with Crippen LogP contribution in [0.2, 0.25) is 0 Å².